The molecule has 1 N–H and O–H groups in total. The van der Waals surface area contributed by atoms with E-state index < -0.39 is 5.97 Å². The lowest BCUT2D eigenvalue weighted by atomic mass is 9.99. The van der Waals surface area contributed by atoms with Crippen molar-refractivity contribution >= 4 is 32.8 Å². The number of halogens is 1. The van der Waals surface area contributed by atoms with Crippen LogP contribution >= 0.6 is 15.9 Å². The fourth-order valence-corrected chi connectivity index (χ4v) is 3.75. The molecule has 0 fully saturated rings. The zero-order valence-corrected chi connectivity index (χ0v) is 17.1. The van der Waals surface area contributed by atoms with Crippen molar-refractivity contribution in [3.63, 3.8) is 0 Å². The van der Waals surface area contributed by atoms with Crippen LogP contribution in [0.15, 0.2) is 83.3 Å². The van der Waals surface area contributed by atoms with Gasteiger partial charge in [-0.2, -0.15) is 0 Å². The van der Waals surface area contributed by atoms with Crippen LogP contribution in [0.1, 0.15) is 27.2 Å². The summed E-state index contributed by atoms with van der Waals surface area (Å²) in [6, 6.07) is 25.2. The summed E-state index contributed by atoms with van der Waals surface area (Å²) in [7, 11) is 0. The lowest BCUT2D eigenvalue weighted by Gasteiger charge is -2.17. The summed E-state index contributed by atoms with van der Waals surface area (Å²) in [6.07, 6.45) is 0.419. The third-order valence-electron chi connectivity index (χ3n) is 4.67. The Hall–Kier alpha value is -3.18. The molecule has 5 heteroatoms. The molecule has 0 atom stereocenters. The highest BCUT2D eigenvalue weighted by Crippen LogP contribution is 2.36. The number of pyridine rings is 1. The molecular weight excluding hydrogens is 430 g/mol. The third kappa shape index (κ3) is 4.15. The Bertz CT molecular complexity index is 1160. The molecule has 0 amide bonds. The molecule has 0 radical (unpaired) electrons. The molecule has 4 rings (SSSR count). The molecule has 4 aromatic rings. The Morgan fingerprint density at radius 3 is 2.21 bits per heavy atom. The number of carboxylic acids is 1. The third-order valence-corrected chi connectivity index (χ3v) is 5.31. The SMILES string of the molecule is O=C(O)c1nc2c(Br)cccc2c(OCc2ccccc2)c1Cc1ccccc1. The quantitative estimate of drug-likeness (QED) is 0.401. The largest absolute Gasteiger partial charge is 0.488 e. The van der Waals surface area contributed by atoms with Gasteiger partial charge in [0.25, 0.3) is 0 Å². The summed E-state index contributed by atoms with van der Waals surface area (Å²) < 4.78 is 6.96. The molecule has 0 bridgehead atoms. The highest BCUT2D eigenvalue weighted by atomic mass is 79.9. The molecule has 0 spiro atoms. The van der Waals surface area contributed by atoms with E-state index in [1.54, 1.807) is 0 Å². The van der Waals surface area contributed by atoms with Gasteiger partial charge in [-0.3, -0.25) is 0 Å². The number of aromatic carboxylic acids is 1. The Labute approximate surface area is 176 Å². The highest BCUT2D eigenvalue weighted by molar-refractivity contribution is 9.10. The van der Waals surface area contributed by atoms with E-state index in [0.717, 1.165) is 21.0 Å². The molecule has 0 saturated carbocycles. The fraction of sp³-hybridized carbons (Fsp3) is 0.0833. The molecular formula is C24H18BrNO3. The predicted octanol–water partition coefficient (Wildman–Crippen LogP) is 5.87. The van der Waals surface area contributed by atoms with Gasteiger partial charge < -0.3 is 9.84 Å². The van der Waals surface area contributed by atoms with Gasteiger partial charge in [0.05, 0.1) is 5.52 Å². The van der Waals surface area contributed by atoms with Gasteiger partial charge in [-0.15, -0.1) is 0 Å². The molecule has 0 unspecified atom stereocenters. The molecule has 144 valence electrons. The average molecular weight is 448 g/mol. The normalized spacial score (nSPS) is 10.8. The van der Waals surface area contributed by atoms with Crippen molar-refractivity contribution < 1.29 is 14.6 Å². The van der Waals surface area contributed by atoms with Crippen LogP contribution in [-0.2, 0) is 13.0 Å². The van der Waals surface area contributed by atoms with Gasteiger partial charge >= 0.3 is 5.97 Å². The molecule has 1 aromatic heterocycles. The zero-order chi connectivity index (χ0) is 20.2. The summed E-state index contributed by atoms with van der Waals surface area (Å²) in [6.45, 7) is 0.341. The van der Waals surface area contributed by atoms with Crippen LogP contribution in [-0.4, -0.2) is 16.1 Å². The van der Waals surface area contributed by atoms with E-state index in [9.17, 15) is 9.90 Å². The Morgan fingerprint density at radius 1 is 0.897 bits per heavy atom. The van der Waals surface area contributed by atoms with Gasteiger partial charge in [0.2, 0.25) is 0 Å². The number of para-hydroxylation sites is 1. The van der Waals surface area contributed by atoms with Crippen molar-refractivity contribution in [3.8, 4) is 5.75 Å². The van der Waals surface area contributed by atoms with Crippen LogP contribution in [0.25, 0.3) is 10.9 Å². The number of fused-ring (bicyclic) bond motifs is 1. The Morgan fingerprint density at radius 2 is 1.55 bits per heavy atom. The second kappa shape index (κ2) is 8.45. The van der Waals surface area contributed by atoms with Crippen molar-refractivity contribution in [1.29, 1.82) is 0 Å². The number of carbonyl (C=O) groups is 1. The topological polar surface area (TPSA) is 59.4 Å². The number of carboxylic acid groups (broad SMARTS) is 1. The molecule has 0 aliphatic heterocycles. The van der Waals surface area contributed by atoms with E-state index in [2.05, 4.69) is 20.9 Å². The maximum absolute atomic E-state index is 12.1. The first-order valence-corrected chi connectivity index (χ1v) is 9.98. The number of ether oxygens (including phenoxy) is 1. The Kier molecular flexibility index (Phi) is 5.58. The minimum atomic E-state index is -1.07. The van der Waals surface area contributed by atoms with Crippen LogP contribution in [0.5, 0.6) is 5.75 Å². The molecule has 0 saturated heterocycles. The summed E-state index contributed by atoms with van der Waals surface area (Å²) in [5, 5.41) is 10.7. The number of benzene rings is 3. The standard InChI is InChI=1S/C24H18BrNO3/c25-20-13-7-12-18-21(20)26-22(24(27)28)19(14-16-8-3-1-4-9-16)23(18)29-15-17-10-5-2-6-11-17/h1-13H,14-15H2,(H,27,28). The van der Waals surface area contributed by atoms with Crippen LogP contribution in [0.4, 0.5) is 0 Å². The van der Waals surface area contributed by atoms with Crippen molar-refractivity contribution in [2.45, 2.75) is 13.0 Å². The van der Waals surface area contributed by atoms with E-state index in [-0.39, 0.29) is 5.69 Å². The van der Waals surface area contributed by atoms with Crippen molar-refractivity contribution in [3.05, 3.63) is 106 Å². The predicted molar refractivity (Wildman–Crippen MR) is 116 cm³/mol. The molecule has 3 aromatic carbocycles. The number of hydrogen-bond donors (Lipinski definition) is 1. The van der Waals surface area contributed by atoms with Gasteiger partial charge in [0.1, 0.15) is 12.4 Å². The van der Waals surface area contributed by atoms with Crippen LogP contribution in [0.3, 0.4) is 0 Å². The molecule has 0 aliphatic rings. The minimum absolute atomic E-state index is 0.0105. The van der Waals surface area contributed by atoms with E-state index >= 15 is 0 Å². The monoisotopic (exact) mass is 447 g/mol. The number of hydrogen-bond acceptors (Lipinski definition) is 3. The van der Waals surface area contributed by atoms with Crippen molar-refractivity contribution in [2.24, 2.45) is 0 Å². The van der Waals surface area contributed by atoms with Gasteiger partial charge in [-0.25, -0.2) is 9.78 Å². The number of rotatable bonds is 6. The van der Waals surface area contributed by atoms with E-state index in [4.69, 9.17) is 4.74 Å². The van der Waals surface area contributed by atoms with Crippen molar-refractivity contribution in [1.82, 2.24) is 4.98 Å². The first kappa shape index (κ1) is 19.2. The smallest absolute Gasteiger partial charge is 0.354 e. The molecule has 0 aliphatic carbocycles. The van der Waals surface area contributed by atoms with Crippen LogP contribution in [0.2, 0.25) is 0 Å². The molecule has 1 heterocycles. The maximum atomic E-state index is 12.1. The van der Waals surface area contributed by atoms with Gasteiger partial charge in [-0.05, 0) is 39.2 Å². The summed E-state index contributed by atoms with van der Waals surface area (Å²) in [5.41, 5.74) is 3.16. The van der Waals surface area contributed by atoms with Gasteiger partial charge in [-0.1, -0.05) is 66.7 Å². The average Bonchev–Trinajstić information content (AvgIpc) is 2.74. The first-order chi connectivity index (χ1) is 14.1. The van der Waals surface area contributed by atoms with E-state index in [0.29, 0.717) is 29.9 Å². The minimum Gasteiger partial charge on any atom is -0.488 e. The van der Waals surface area contributed by atoms with Crippen molar-refractivity contribution in [2.75, 3.05) is 0 Å². The zero-order valence-electron chi connectivity index (χ0n) is 15.5. The fourth-order valence-electron chi connectivity index (χ4n) is 3.30. The second-order valence-corrected chi connectivity index (χ2v) is 7.50. The van der Waals surface area contributed by atoms with Crippen LogP contribution < -0.4 is 4.74 Å². The van der Waals surface area contributed by atoms with Crippen LogP contribution in [0, 0.1) is 0 Å². The van der Waals surface area contributed by atoms with Gasteiger partial charge in [0, 0.05) is 21.8 Å². The lowest BCUT2D eigenvalue weighted by molar-refractivity contribution is 0.0689. The van der Waals surface area contributed by atoms with Gasteiger partial charge in [0.15, 0.2) is 5.69 Å². The second-order valence-electron chi connectivity index (χ2n) is 6.65. The van der Waals surface area contributed by atoms with E-state index in [1.165, 1.54) is 0 Å². The lowest BCUT2D eigenvalue weighted by Crippen LogP contribution is -2.10. The highest BCUT2D eigenvalue weighted by Gasteiger charge is 2.22. The Balaban J connectivity index is 1.89. The molecule has 29 heavy (non-hydrogen) atoms. The maximum Gasteiger partial charge on any atom is 0.354 e. The number of aromatic nitrogens is 1. The summed E-state index contributed by atoms with van der Waals surface area (Å²) >= 11 is 3.49. The first-order valence-electron chi connectivity index (χ1n) is 9.18. The summed E-state index contributed by atoms with van der Waals surface area (Å²) in [5.74, 6) is -0.514. The van der Waals surface area contributed by atoms with E-state index in [1.807, 2.05) is 78.9 Å². The molecule has 4 nitrogen and oxygen atoms in total. The number of nitrogens with zero attached hydrogens (tertiary/aromatic N) is 1. The summed E-state index contributed by atoms with van der Waals surface area (Å²) in [4.78, 5) is 16.5.